The van der Waals surface area contributed by atoms with Crippen molar-refractivity contribution in [3.8, 4) is 0 Å². The van der Waals surface area contributed by atoms with Gasteiger partial charge in [0.15, 0.2) is 0 Å². The van der Waals surface area contributed by atoms with Crippen LogP contribution in [-0.2, 0) is 30.6 Å². The number of nitrogen functional groups attached to an aromatic ring is 1. The second-order valence-electron chi connectivity index (χ2n) is 10.5. The van der Waals surface area contributed by atoms with Crippen molar-refractivity contribution in [2.75, 3.05) is 30.9 Å². The minimum absolute atomic E-state index is 0.0473. The van der Waals surface area contributed by atoms with Crippen molar-refractivity contribution >= 4 is 23.3 Å². The number of carboxylic acid groups (broad SMARTS) is 1. The summed E-state index contributed by atoms with van der Waals surface area (Å²) in [6, 6.07) is 16.3. The average molecular weight is 543 g/mol. The molecule has 40 heavy (non-hydrogen) atoms. The van der Waals surface area contributed by atoms with E-state index >= 15 is 0 Å². The lowest BCUT2D eigenvalue weighted by molar-refractivity contribution is -0.137. The number of amides is 1. The summed E-state index contributed by atoms with van der Waals surface area (Å²) in [4.78, 5) is 27.8. The van der Waals surface area contributed by atoms with Crippen LogP contribution in [0.15, 0.2) is 48.5 Å². The SMILES string of the molecule is CCc1cccc(CC)c1C(=O)N1CCc2ccc(C(CC(=O)O)c3ccc(N(CC)NC)c(N)c3C)cc2C1. The lowest BCUT2D eigenvalue weighted by Gasteiger charge is -2.31. The molecule has 1 amide bonds. The smallest absolute Gasteiger partial charge is 0.304 e. The molecule has 0 bridgehead atoms. The number of benzene rings is 3. The van der Waals surface area contributed by atoms with Crippen molar-refractivity contribution in [1.29, 1.82) is 0 Å². The minimum Gasteiger partial charge on any atom is -0.481 e. The quantitative estimate of drug-likeness (QED) is 0.232. The Morgan fingerprint density at radius 3 is 2.35 bits per heavy atom. The maximum absolute atomic E-state index is 13.8. The number of nitrogens with one attached hydrogen (secondary N) is 1. The maximum Gasteiger partial charge on any atom is 0.304 e. The van der Waals surface area contributed by atoms with Crippen LogP contribution in [0.3, 0.4) is 0 Å². The van der Waals surface area contributed by atoms with Crippen LogP contribution < -0.4 is 16.2 Å². The van der Waals surface area contributed by atoms with Gasteiger partial charge >= 0.3 is 5.97 Å². The van der Waals surface area contributed by atoms with Gasteiger partial charge in [-0.1, -0.05) is 56.3 Å². The van der Waals surface area contributed by atoms with Crippen LogP contribution >= 0.6 is 0 Å². The molecule has 4 rings (SSSR count). The van der Waals surface area contributed by atoms with Crippen molar-refractivity contribution in [2.24, 2.45) is 0 Å². The Labute approximate surface area is 238 Å². The molecule has 3 aromatic rings. The summed E-state index contributed by atoms with van der Waals surface area (Å²) in [6.45, 7) is 10.1. The van der Waals surface area contributed by atoms with Crippen molar-refractivity contribution in [1.82, 2.24) is 10.3 Å². The van der Waals surface area contributed by atoms with E-state index < -0.39 is 5.97 Å². The predicted octanol–water partition coefficient (Wildman–Crippen LogP) is 5.47. The van der Waals surface area contributed by atoms with Crippen LogP contribution in [0.25, 0.3) is 0 Å². The summed E-state index contributed by atoms with van der Waals surface area (Å²) >= 11 is 0. The van der Waals surface area contributed by atoms with Gasteiger partial charge in [-0.2, -0.15) is 0 Å². The topological polar surface area (TPSA) is 98.9 Å². The molecule has 1 heterocycles. The Bertz CT molecular complexity index is 1370. The van der Waals surface area contributed by atoms with Gasteiger partial charge in [-0.15, -0.1) is 0 Å². The molecule has 0 radical (unpaired) electrons. The number of hydrogen-bond acceptors (Lipinski definition) is 5. The van der Waals surface area contributed by atoms with Gasteiger partial charge in [0, 0.05) is 38.2 Å². The Morgan fingerprint density at radius 1 is 1.05 bits per heavy atom. The lowest BCUT2D eigenvalue weighted by atomic mass is 9.83. The second kappa shape index (κ2) is 12.6. The van der Waals surface area contributed by atoms with Gasteiger partial charge in [0.25, 0.3) is 5.91 Å². The van der Waals surface area contributed by atoms with E-state index in [0.717, 1.165) is 70.4 Å². The van der Waals surface area contributed by atoms with E-state index in [2.05, 4.69) is 43.5 Å². The number of rotatable bonds is 10. The van der Waals surface area contributed by atoms with Crippen LogP contribution in [0.4, 0.5) is 11.4 Å². The molecule has 0 fully saturated rings. The number of carbonyl (C=O) groups excluding carboxylic acids is 1. The largest absolute Gasteiger partial charge is 0.481 e. The number of carbonyl (C=O) groups is 2. The molecule has 0 saturated heterocycles. The molecule has 0 aromatic heterocycles. The molecule has 212 valence electrons. The maximum atomic E-state index is 13.8. The summed E-state index contributed by atoms with van der Waals surface area (Å²) in [6.07, 6.45) is 2.35. The predicted molar refractivity (Wildman–Crippen MR) is 162 cm³/mol. The first-order valence-corrected chi connectivity index (χ1v) is 14.3. The molecule has 4 N–H and O–H groups in total. The number of carboxylic acids is 1. The van der Waals surface area contributed by atoms with Gasteiger partial charge in [0.2, 0.25) is 0 Å². The summed E-state index contributed by atoms with van der Waals surface area (Å²) in [5, 5.41) is 11.8. The van der Waals surface area contributed by atoms with E-state index in [1.54, 1.807) is 0 Å². The zero-order valence-corrected chi connectivity index (χ0v) is 24.4. The molecule has 1 unspecified atom stereocenters. The number of aryl methyl sites for hydroxylation is 2. The Balaban J connectivity index is 1.70. The number of nitrogens with two attached hydrogens (primary N) is 1. The van der Waals surface area contributed by atoms with Crippen LogP contribution in [0.5, 0.6) is 0 Å². The van der Waals surface area contributed by atoms with E-state index in [9.17, 15) is 14.7 Å². The highest BCUT2D eigenvalue weighted by Crippen LogP contribution is 2.38. The molecular weight excluding hydrogens is 500 g/mol. The average Bonchev–Trinajstić information content (AvgIpc) is 2.97. The molecular formula is C33H42N4O3. The van der Waals surface area contributed by atoms with Crippen molar-refractivity contribution in [3.05, 3.63) is 93.0 Å². The number of nitrogens with zero attached hydrogens (tertiary/aromatic N) is 2. The number of fused-ring (bicyclic) bond motifs is 1. The first-order chi connectivity index (χ1) is 19.2. The molecule has 7 heteroatoms. The zero-order chi connectivity index (χ0) is 29.0. The summed E-state index contributed by atoms with van der Waals surface area (Å²) in [5.41, 5.74) is 19.2. The molecule has 0 saturated carbocycles. The van der Waals surface area contributed by atoms with E-state index in [-0.39, 0.29) is 18.2 Å². The minimum atomic E-state index is -0.866. The molecule has 0 aliphatic carbocycles. The molecule has 1 aliphatic rings. The van der Waals surface area contributed by atoms with E-state index in [4.69, 9.17) is 5.73 Å². The standard InChI is InChI=1S/C33H42N4O3/c1-6-22-10-9-11-23(7-2)31(22)33(40)36-17-16-24-12-13-25(18-26(24)20-36)28(19-30(38)39)27-14-15-29(32(34)21(27)4)37(8-3)35-5/h9-15,18,28,35H,6-8,16-17,19-20,34H2,1-5H3,(H,38,39). The highest BCUT2D eigenvalue weighted by molar-refractivity contribution is 5.97. The fraction of sp³-hybridized carbons (Fsp3) is 0.394. The lowest BCUT2D eigenvalue weighted by Crippen LogP contribution is -2.37. The number of anilines is 2. The van der Waals surface area contributed by atoms with Crippen LogP contribution in [0, 0.1) is 6.92 Å². The molecule has 1 aliphatic heterocycles. The summed E-state index contributed by atoms with van der Waals surface area (Å²) in [5.74, 6) is -1.14. The first kappa shape index (κ1) is 29.2. The van der Waals surface area contributed by atoms with Crippen molar-refractivity contribution < 1.29 is 14.7 Å². The highest BCUT2D eigenvalue weighted by atomic mass is 16.4. The number of aliphatic carboxylic acids is 1. The molecule has 7 nitrogen and oxygen atoms in total. The van der Waals surface area contributed by atoms with E-state index in [0.29, 0.717) is 18.8 Å². The van der Waals surface area contributed by atoms with E-state index in [1.807, 2.05) is 55.1 Å². The third-order valence-corrected chi connectivity index (χ3v) is 8.31. The molecule has 3 aromatic carbocycles. The fourth-order valence-corrected chi connectivity index (χ4v) is 6.02. The van der Waals surface area contributed by atoms with Gasteiger partial charge in [-0.05, 0) is 78.1 Å². The van der Waals surface area contributed by atoms with Crippen molar-refractivity contribution in [2.45, 2.75) is 65.8 Å². The van der Waals surface area contributed by atoms with Crippen LogP contribution in [0.2, 0.25) is 0 Å². The van der Waals surface area contributed by atoms with Gasteiger partial charge in [0.1, 0.15) is 0 Å². The summed E-state index contributed by atoms with van der Waals surface area (Å²) < 4.78 is 0. The van der Waals surface area contributed by atoms with Gasteiger partial charge < -0.3 is 20.7 Å². The zero-order valence-electron chi connectivity index (χ0n) is 24.4. The molecule has 1 atom stereocenters. The van der Waals surface area contributed by atoms with Gasteiger partial charge in [-0.25, -0.2) is 5.43 Å². The fourth-order valence-electron chi connectivity index (χ4n) is 6.02. The Kier molecular flexibility index (Phi) is 9.15. The van der Waals surface area contributed by atoms with E-state index in [1.165, 1.54) is 5.56 Å². The third kappa shape index (κ3) is 5.70. The third-order valence-electron chi connectivity index (χ3n) is 8.31. The normalized spacial score (nSPS) is 13.6. The Morgan fingerprint density at radius 2 is 1.75 bits per heavy atom. The molecule has 0 spiro atoms. The highest BCUT2D eigenvalue weighted by Gasteiger charge is 2.27. The first-order valence-electron chi connectivity index (χ1n) is 14.3. The van der Waals surface area contributed by atoms with Gasteiger partial charge in [0.05, 0.1) is 17.8 Å². The monoisotopic (exact) mass is 542 g/mol. The van der Waals surface area contributed by atoms with Crippen LogP contribution in [0.1, 0.15) is 82.4 Å². The van der Waals surface area contributed by atoms with Crippen LogP contribution in [-0.4, -0.2) is 42.0 Å². The van der Waals surface area contributed by atoms with Crippen molar-refractivity contribution in [3.63, 3.8) is 0 Å². The summed E-state index contributed by atoms with van der Waals surface area (Å²) in [7, 11) is 1.85. The van der Waals surface area contributed by atoms with Gasteiger partial charge in [-0.3, -0.25) is 9.59 Å². The Hall–Kier alpha value is -3.84. The second-order valence-corrected chi connectivity index (χ2v) is 10.5. The number of hydrogen-bond donors (Lipinski definition) is 3. The number of hydrazine groups is 1.